The molecule has 0 spiro atoms. The number of aliphatic hydroxyl groups excluding tert-OH is 1. The first-order valence-electron chi connectivity index (χ1n) is 6.01. The van der Waals surface area contributed by atoms with Gasteiger partial charge in [-0.3, -0.25) is 4.90 Å². The maximum atomic E-state index is 12.5. The third kappa shape index (κ3) is 5.85. The van der Waals surface area contributed by atoms with Crippen LogP contribution in [-0.4, -0.2) is 48.8 Å². The molecule has 0 bridgehead atoms. The number of halogens is 4. The van der Waals surface area contributed by atoms with Crippen LogP contribution in [0.25, 0.3) is 0 Å². The minimum absolute atomic E-state index is 0.0359. The van der Waals surface area contributed by atoms with Crippen molar-refractivity contribution in [2.24, 2.45) is 0 Å². The molecule has 0 aromatic heterocycles. The second-order valence-electron chi connectivity index (χ2n) is 4.51. The fourth-order valence-electron chi connectivity index (χ4n) is 1.64. The van der Waals surface area contributed by atoms with E-state index in [0.29, 0.717) is 6.54 Å². The Labute approximate surface area is 114 Å². The molecule has 0 aliphatic carbocycles. The van der Waals surface area contributed by atoms with Gasteiger partial charge in [-0.25, -0.2) is 8.78 Å². The van der Waals surface area contributed by atoms with Crippen molar-refractivity contribution in [1.29, 1.82) is 0 Å². The van der Waals surface area contributed by atoms with E-state index in [9.17, 15) is 22.7 Å². The first kappa shape index (κ1) is 16.9. The molecular weight excluding hydrogens is 278 g/mol. The molecule has 0 radical (unpaired) electrons. The van der Waals surface area contributed by atoms with Crippen LogP contribution < -0.4 is 0 Å². The van der Waals surface area contributed by atoms with Crippen molar-refractivity contribution in [3.8, 4) is 0 Å². The Morgan fingerprint density at radius 2 is 1.85 bits per heavy atom. The normalized spacial score (nSPS) is 14.0. The van der Waals surface area contributed by atoms with Gasteiger partial charge in [0.25, 0.3) is 0 Å². The maximum absolute atomic E-state index is 12.5. The van der Waals surface area contributed by atoms with Gasteiger partial charge in [0.2, 0.25) is 0 Å². The maximum Gasteiger partial charge on any atom is 0.416 e. The first-order valence-corrected chi connectivity index (χ1v) is 6.01. The standard InChI is InChI=1S/C13H17F4NO2/c1-18(7-10-5-3-2-4-6-10)8-11(19)9-20-13(16,17)12(14)15/h2-6,11-12,19H,7-9H2,1H3. The van der Waals surface area contributed by atoms with Crippen molar-refractivity contribution in [1.82, 2.24) is 4.90 Å². The topological polar surface area (TPSA) is 32.7 Å². The zero-order valence-corrected chi connectivity index (χ0v) is 11.0. The smallest absolute Gasteiger partial charge is 0.389 e. The summed E-state index contributed by atoms with van der Waals surface area (Å²) >= 11 is 0. The lowest BCUT2D eigenvalue weighted by molar-refractivity contribution is -0.306. The lowest BCUT2D eigenvalue weighted by Crippen LogP contribution is -2.37. The summed E-state index contributed by atoms with van der Waals surface area (Å²) in [6, 6.07) is 9.32. The molecule has 1 rings (SSSR count). The van der Waals surface area contributed by atoms with Crippen LogP contribution in [0, 0.1) is 0 Å². The summed E-state index contributed by atoms with van der Waals surface area (Å²) in [5, 5.41) is 9.50. The zero-order valence-electron chi connectivity index (χ0n) is 11.0. The Morgan fingerprint density at radius 1 is 1.25 bits per heavy atom. The van der Waals surface area contributed by atoms with E-state index in [2.05, 4.69) is 4.74 Å². The fourth-order valence-corrected chi connectivity index (χ4v) is 1.64. The Morgan fingerprint density at radius 3 is 2.40 bits per heavy atom. The molecule has 0 fully saturated rings. The highest BCUT2D eigenvalue weighted by Gasteiger charge is 2.42. The lowest BCUT2D eigenvalue weighted by atomic mass is 10.2. The van der Waals surface area contributed by atoms with Gasteiger partial charge in [0.15, 0.2) is 0 Å². The SMILES string of the molecule is CN(Cc1ccccc1)CC(O)COC(F)(F)C(F)F. The van der Waals surface area contributed by atoms with Crippen LogP contribution in [-0.2, 0) is 11.3 Å². The fraction of sp³-hybridized carbons (Fsp3) is 0.538. The Balaban J connectivity index is 2.33. The Kier molecular flexibility index (Phi) is 6.38. The minimum atomic E-state index is -4.53. The van der Waals surface area contributed by atoms with Gasteiger partial charge in [0, 0.05) is 13.1 Å². The molecule has 1 N–H and O–H groups in total. The van der Waals surface area contributed by atoms with E-state index >= 15 is 0 Å². The van der Waals surface area contributed by atoms with E-state index in [1.807, 2.05) is 30.3 Å². The molecular formula is C13H17F4NO2. The summed E-state index contributed by atoms with van der Waals surface area (Å²) in [5.74, 6) is 0. The van der Waals surface area contributed by atoms with Crippen LogP contribution in [0.15, 0.2) is 30.3 Å². The summed E-state index contributed by atoms with van der Waals surface area (Å²) < 4.78 is 52.4. The van der Waals surface area contributed by atoms with Crippen molar-refractivity contribution in [2.45, 2.75) is 25.2 Å². The molecule has 0 saturated carbocycles. The van der Waals surface area contributed by atoms with Crippen molar-refractivity contribution in [3.63, 3.8) is 0 Å². The molecule has 114 valence electrons. The van der Waals surface area contributed by atoms with E-state index in [1.54, 1.807) is 11.9 Å². The first-order chi connectivity index (χ1) is 9.31. The molecule has 0 aliphatic heterocycles. The summed E-state index contributed by atoms with van der Waals surface area (Å²) in [7, 11) is 1.68. The number of hydrogen-bond acceptors (Lipinski definition) is 3. The molecule has 3 nitrogen and oxygen atoms in total. The number of aliphatic hydroxyl groups is 1. The highest BCUT2D eigenvalue weighted by atomic mass is 19.3. The van der Waals surface area contributed by atoms with Gasteiger partial charge in [-0.05, 0) is 12.6 Å². The number of alkyl halides is 4. The van der Waals surface area contributed by atoms with Crippen LogP contribution in [0.3, 0.4) is 0 Å². The van der Waals surface area contributed by atoms with Crippen LogP contribution in [0.5, 0.6) is 0 Å². The van der Waals surface area contributed by atoms with Gasteiger partial charge in [-0.15, -0.1) is 0 Å². The number of benzene rings is 1. The van der Waals surface area contributed by atoms with Crippen LogP contribution >= 0.6 is 0 Å². The van der Waals surface area contributed by atoms with E-state index in [4.69, 9.17) is 0 Å². The molecule has 1 aromatic carbocycles. The summed E-state index contributed by atoms with van der Waals surface area (Å²) in [4.78, 5) is 1.68. The van der Waals surface area contributed by atoms with Crippen molar-refractivity contribution < 1.29 is 27.4 Å². The molecule has 7 heteroatoms. The van der Waals surface area contributed by atoms with Gasteiger partial charge in [-0.1, -0.05) is 30.3 Å². The van der Waals surface area contributed by atoms with Gasteiger partial charge >= 0.3 is 12.5 Å². The molecule has 0 amide bonds. The highest BCUT2D eigenvalue weighted by Crippen LogP contribution is 2.24. The largest absolute Gasteiger partial charge is 0.416 e. The van der Waals surface area contributed by atoms with E-state index in [-0.39, 0.29) is 6.54 Å². The van der Waals surface area contributed by atoms with Crippen molar-refractivity contribution >= 4 is 0 Å². The number of rotatable bonds is 8. The number of ether oxygens (including phenoxy) is 1. The van der Waals surface area contributed by atoms with Gasteiger partial charge < -0.3 is 9.84 Å². The lowest BCUT2D eigenvalue weighted by Gasteiger charge is -2.22. The van der Waals surface area contributed by atoms with Gasteiger partial charge in [0.1, 0.15) is 0 Å². The average molecular weight is 295 g/mol. The van der Waals surface area contributed by atoms with E-state index < -0.39 is 25.2 Å². The molecule has 0 heterocycles. The highest BCUT2D eigenvalue weighted by molar-refractivity contribution is 5.14. The summed E-state index contributed by atoms with van der Waals surface area (Å²) in [6.07, 6.45) is -9.70. The van der Waals surface area contributed by atoms with E-state index in [1.165, 1.54) is 0 Å². The quantitative estimate of drug-likeness (QED) is 0.747. The minimum Gasteiger partial charge on any atom is -0.389 e. The third-order valence-corrected chi connectivity index (χ3v) is 2.54. The van der Waals surface area contributed by atoms with Crippen molar-refractivity contribution in [3.05, 3.63) is 35.9 Å². The Hall–Kier alpha value is -1.18. The summed E-state index contributed by atoms with van der Waals surface area (Å²) in [6.45, 7) is -0.312. The molecule has 0 aliphatic rings. The van der Waals surface area contributed by atoms with Gasteiger partial charge in [-0.2, -0.15) is 8.78 Å². The van der Waals surface area contributed by atoms with Gasteiger partial charge in [0.05, 0.1) is 12.7 Å². The number of hydrogen-bond donors (Lipinski definition) is 1. The van der Waals surface area contributed by atoms with Crippen LogP contribution in [0.2, 0.25) is 0 Å². The third-order valence-electron chi connectivity index (χ3n) is 2.54. The monoisotopic (exact) mass is 295 g/mol. The predicted octanol–water partition coefficient (Wildman–Crippen LogP) is 2.35. The average Bonchev–Trinajstić information content (AvgIpc) is 2.37. The van der Waals surface area contributed by atoms with Crippen LogP contribution in [0.1, 0.15) is 5.56 Å². The number of nitrogens with zero attached hydrogens (tertiary/aromatic N) is 1. The van der Waals surface area contributed by atoms with Crippen LogP contribution in [0.4, 0.5) is 17.6 Å². The number of likely N-dealkylation sites (N-methyl/N-ethyl adjacent to an activating group) is 1. The molecule has 1 aromatic rings. The predicted molar refractivity (Wildman–Crippen MR) is 65.7 cm³/mol. The summed E-state index contributed by atoms with van der Waals surface area (Å²) in [5.41, 5.74) is 0.987. The molecule has 1 unspecified atom stereocenters. The second-order valence-corrected chi connectivity index (χ2v) is 4.51. The van der Waals surface area contributed by atoms with Crippen molar-refractivity contribution in [2.75, 3.05) is 20.2 Å². The molecule has 1 atom stereocenters. The molecule has 0 saturated heterocycles. The zero-order chi connectivity index (χ0) is 15.2. The molecule has 20 heavy (non-hydrogen) atoms. The van der Waals surface area contributed by atoms with E-state index in [0.717, 1.165) is 5.56 Å². The Bertz CT molecular complexity index is 389. The second kappa shape index (κ2) is 7.56.